The van der Waals surface area contributed by atoms with Crippen molar-refractivity contribution in [2.75, 3.05) is 6.54 Å². The zero-order valence-electron chi connectivity index (χ0n) is 6.90. The fourth-order valence-electron chi connectivity index (χ4n) is 0.873. The molecule has 1 nitrogen and oxygen atoms in total. The van der Waals surface area contributed by atoms with Crippen molar-refractivity contribution < 1.29 is 0 Å². The molecule has 0 unspecified atom stereocenters. The summed E-state index contributed by atoms with van der Waals surface area (Å²) in [6.07, 6.45) is 6.52. The molecule has 1 heteroatoms. The van der Waals surface area contributed by atoms with Gasteiger partial charge in [0.05, 0.1) is 0 Å². The van der Waals surface area contributed by atoms with Gasteiger partial charge >= 0.3 is 0 Å². The van der Waals surface area contributed by atoms with Crippen LogP contribution in [0.15, 0.2) is 11.6 Å². The molecule has 0 aromatic rings. The van der Waals surface area contributed by atoms with E-state index in [0.29, 0.717) is 0 Å². The Labute approximate surface area is 63.9 Å². The van der Waals surface area contributed by atoms with E-state index >= 15 is 0 Å². The Morgan fingerprint density at radius 2 is 1.90 bits per heavy atom. The number of rotatable bonds is 6. The second-order valence-corrected chi connectivity index (χ2v) is 2.45. The van der Waals surface area contributed by atoms with Crippen molar-refractivity contribution >= 4 is 5.87 Å². The van der Waals surface area contributed by atoms with Crippen LogP contribution in [0.3, 0.4) is 0 Å². The number of hydrogen-bond donors (Lipinski definition) is 0. The molecule has 0 radical (unpaired) electrons. The van der Waals surface area contributed by atoms with E-state index in [2.05, 4.69) is 24.4 Å². The standard InChI is InChI=1S/C9H17N/c1-3-5-6-7-8-9-10-4-2/h2-3,5-9H2,1H3. The summed E-state index contributed by atoms with van der Waals surface area (Å²) in [4.78, 5) is 3.91. The van der Waals surface area contributed by atoms with Gasteiger partial charge < -0.3 is 0 Å². The summed E-state index contributed by atoms with van der Waals surface area (Å²) in [5.41, 5.74) is 0. The smallest absolute Gasteiger partial charge is 0.0483 e. The lowest BCUT2D eigenvalue weighted by Crippen LogP contribution is -1.80. The van der Waals surface area contributed by atoms with Crippen LogP contribution in [0.4, 0.5) is 0 Å². The van der Waals surface area contributed by atoms with Gasteiger partial charge in [0.2, 0.25) is 0 Å². The minimum Gasteiger partial charge on any atom is -0.244 e. The normalized spacial score (nSPS) is 8.90. The summed E-state index contributed by atoms with van der Waals surface area (Å²) in [6, 6.07) is 0. The zero-order valence-corrected chi connectivity index (χ0v) is 6.90. The van der Waals surface area contributed by atoms with Gasteiger partial charge in [-0.25, -0.2) is 4.99 Å². The molecule has 0 aromatic heterocycles. The fraction of sp³-hybridized carbons (Fsp3) is 0.778. The average molecular weight is 139 g/mol. The van der Waals surface area contributed by atoms with Gasteiger partial charge in [0, 0.05) is 6.54 Å². The van der Waals surface area contributed by atoms with Gasteiger partial charge in [0.15, 0.2) is 0 Å². The van der Waals surface area contributed by atoms with Gasteiger partial charge in [-0.05, 0) is 18.9 Å². The molecule has 0 aliphatic rings. The third kappa shape index (κ3) is 7.45. The van der Waals surface area contributed by atoms with Gasteiger partial charge in [-0.15, -0.1) is 0 Å². The van der Waals surface area contributed by atoms with Gasteiger partial charge in [-0.3, -0.25) is 0 Å². The van der Waals surface area contributed by atoms with Crippen LogP contribution >= 0.6 is 0 Å². The minimum atomic E-state index is 0.910. The number of nitrogens with zero attached hydrogens (tertiary/aromatic N) is 1. The molecule has 10 heavy (non-hydrogen) atoms. The molecule has 0 N–H and O–H groups in total. The predicted molar refractivity (Wildman–Crippen MR) is 46.7 cm³/mol. The van der Waals surface area contributed by atoms with Crippen LogP contribution in [0.25, 0.3) is 0 Å². The SMILES string of the molecule is C=C=NCCCCCCC. The van der Waals surface area contributed by atoms with E-state index in [0.717, 1.165) is 6.54 Å². The molecule has 58 valence electrons. The lowest BCUT2D eigenvalue weighted by Gasteiger charge is -1.94. The summed E-state index contributed by atoms with van der Waals surface area (Å²) in [5, 5.41) is 0. The first-order valence-corrected chi connectivity index (χ1v) is 4.10. The van der Waals surface area contributed by atoms with Crippen molar-refractivity contribution in [1.29, 1.82) is 0 Å². The highest BCUT2D eigenvalue weighted by molar-refractivity contribution is 5.46. The average Bonchev–Trinajstić information content (AvgIpc) is 1.97. The largest absolute Gasteiger partial charge is 0.244 e. The van der Waals surface area contributed by atoms with Crippen LogP contribution in [-0.2, 0) is 0 Å². The molecule has 0 fully saturated rings. The Morgan fingerprint density at radius 1 is 1.20 bits per heavy atom. The van der Waals surface area contributed by atoms with E-state index in [9.17, 15) is 0 Å². The lowest BCUT2D eigenvalue weighted by atomic mass is 10.2. The molecule has 0 amide bonds. The number of hydrogen-bond acceptors (Lipinski definition) is 1. The highest BCUT2D eigenvalue weighted by Gasteiger charge is 1.85. The number of aliphatic imine (C=N–C) groups is 1. The van der Waals surface area contributed by atoms with E-state index < -0.39 is 0 Å². The van der Waals surface area contributed by atoms with E-state index in [4.69, 9.17) is 0 Å². The van der Waals surface area contributed by atoms with Gasteiger partial charge in [-0.1, -0.05) is 32.6 Å². The molecule has 0 saturated heterocycles. The molecule has 0 spiro atoms. The van der Waals surface area contributed by atoms with E-state index in [1.165, 1.54) is 32.1 Å². The molecule has 0 heterocycles. The summed E-state index contributed by atoms with van der Waals surface area (Å²) in [5.74, 6) is 2.53. The Balaban J connectivity index is 2.83. The fourth-order valence-corrected chi connectivity index (χ4v) is 0.873. The minimum absolute atomic E-state index is 0.910. The molecule has 0 aliphatic carbocycles. The Kier molecular flexibility index (Phi) is 7.99. The molecular formula is C9H17N. The first kappa shape index (κ1) is 9.45. The number of unbranched alkanes of at least 4 members (excludes halogenated alkanes) is 4. The molecule has 0 atom stereocenters. The maximum Gasteiger partial charge on any atom is 0.0483 e. The third-order valence-corrected chi connectivity index (χ3v) is 1.49. The van der Waals surface area contributed by atoms with Crippen molar-refractivity contribution in [3.63, 3.8) is 0 Å². The molecular weight excluding hydrogens is 122 g/mol. The first-order valence-electron chi connectivity index (χ1n) is 4.10. The van der Waals surface area contributed by atoms with Gasteiger partial charge in [-0.2, -0.15) is 0 Å². The Hall–Kier alpha value is -0.550. The van der Waals surface area contributed by atoms with Gasteiger partial charge in [0.25, 0.3) is 0 Å². The van der Waals surface area contributed by atoms with Crippen LogP contribution < -0.4 is 0 Å². The lowest BCUT2D eigenvalue weighted by molar-refractivity contribution is 0.639. The quantitative estimate of drug-likeness (QED) is 0.396. The van der Waals surface area contributed by atoms with Crippen LogP contribution in [0, 0.1) is 0 Å². The predicted octanol–water partition coefficient (Wildman–Crippen LogP) is 2.81. The molecule has 0 rings (SSSR count). The van der Waals surface area contributed by atoms with Crippen LogP contribution in [0.1, 0.15) is 39.0 Å². The molecule has 0 aromatic carbocycles. The van der Waals surface area contributed by atoms with Crippen LogP contribution in [0.5, 0.6) is 0 Å². The monoisotopic (exact) mass is 139 g/mol. The maximum absolute atomic E-state index is 3.91. The second-order valence-electron chi connectivity index (χ2n) is 2.45. The molecule has 0 bridgehead atoms. The summed E-state index contributed by atoms with van der Waals surface area (Å²) < 4.78 is 0. The summed E-state index contributed by atoms with van der Waals surface area (Å²) in [7, 11) is 0. The second kappa shape index (κ2) is 8.45. The van der Waals surface area contributed by atoms with E-state index in [1.807, 2.05) is 0 Å². The Bertz CT molecular complexity index is 101. The first-order chi connectivity index (χ1) is 4.91. The zero-order chi connectivity index (χ0) is 7.66. The van der Waals surface area contributed by atoms with Crippen molar-refractivity contribution in [2.45, 2.75) is 39.0 Å². The maximum atomic E-state index is 3.91. The van der Waals surface area contributed by atoms with E-state index in [1.54, 1.807) is 0 Å². The summed E-state index contributed by atoms with van der Waals surface area (Å²) >= 11 is 0. The topological polar surface area (TPSA) is 12.4 Å². The van der Waals surface area contributed by atoms with Gasteiger partial charge in [0.1, 0.15) is 0 Å². The summed E-state index contributed by atoms with van der Waals surface area (Å²) in [6.45, 7) is 6.54. The van der Waals surface area contributed by atoms with Crippen LogP contribution in [0.2, 0.25) is 0 Å². The van der Waals surface area contributed by atoms with Crippen molar-refractivity contribution in [1.82, 2.24) is 0 Å². The molecule has 0 saturated carbocycles. The van der Waals surface area contributed by atoms with Crippen molar-refractivity contribution in [3.05, 3.63) is 6.58 Å². The third-order valence-electron chi connectivity index (χ3n) is 1.49. The van der Waals surface area contributed by atoms with Crippen molar-refractivity contribution in [2.24, 2.45) is 4.99 Å². The van der Waals surface area contributed by atoms with Crippen LogP contribution in [-0.4, -0.2) is 12.4 Å². The van der Waals surface area contributed by atoms with E-state index in [-0.39, 0.29) is 0 Å². The van der Waals surface area contributed by atoms with Crippen molar-refractivity contribution in [3.8, 4) is 0 Å². The molecule has 0 aliphatic heterocycles. The Morgan fingerprint density at radius 3 is 2.50 bits per heavy atom. The highest BCUT2D eigenvalue weighted by Crippen LogP contribution is 2.01. The highest BCUT2D eigenvalue weighted by atomic mass is 14.7.